The topological polar surface area (TPSA) is 18.5 Å². The van der Waals surface area contributed by atoms with Crippen molar-refractivity contribution < 1.29 is 9.47 Å². The van der Waals surface area contributed by atoms with E-state index in [-0.39, 0.29) is 0 Å². The highest BCUT2D eigenvalue weighted by Crippen LogP contribution is 2.27. The van der Waals surface area contributed by atoms with Crippen molar-refractivity contribution in [3.8, 4) is 17.2 Å². The van der Waals surface area contributed by atoms with Crippen molar-refractivity contribution >= 4 is 0 Å². The maximum atomic E-state index is 5.95. The van der Waals surface area contributed by atoms with Crippen molar-refractivity contribution in [1.82, 2.24) is 0 Å². The number of ether oxygens (including phenoxy) is 2. The van der Waals surface area contributed by atoms with Gasteiger partial charge in [-0.3, -0.25) is 0 Å². The largest absolute Gasteiger partial charge is 0.494 e. The van der Waals surface area contributed by atoms with Gasteiger partial charge in [0.15, 0.2) is 0 Å². The molecule has 0 N–H and O–H groups in total. The molecule has 150 valence electrons. The van der Waals surface area contributed by atoms with Crippen molar-refractivity contribution in [3.63, 3.8) is 0 Å². The number of para-hydroxylation sites is 1. The predicted octanol–water partition coefficient (Wildman–Crippen LogP) is 7.56. The Morgan fingerprint density at radius 2 is 1.62 bits per heavy atom. The first-order chi connectivity index (χ1) is 14.3. The fourth-order valence-electron chi connectivity index (χ4n) is 3.37. The third-order valence-electron chi connectivity index (χ3n) is 4.92. The molecule has 0 aliphatic carbocycles. The number of hydrogen-bond acceptors (Lipinski definition) is 2. The van der Waals surface area contributed by atoms with Crippen LogP contribution in [0.2, 0.25) is 0 Å². The van der Waals surface area contributed by atoms with E-state index in [1.54, 1.807) is 0 Å². The summed E-state index contributed by atoms with van der Waals surface area (Å²) in [5.41, 5.74) is 2.59. The lowest BCUT2D eigenvalue weighted by molar-refractivity contribution is 0.317. The van der Waals surface area contributed by atoms with E-state index in [2.05, 4.69) is 62.0 Å². The van der Waals surface area contributed by atoms with Gasteiger partial charge >= 0.3 is 0 Å². The minimum atomic E-state index is 0.360. The highest BCUT2D eigenvalue weighted by atomic mass is 16.5. The van der Waals surface area contributed by atoms with Crippen LogP contribution in [0.15, 0.2) is 91.5 Å². The van der Waals surface area contributed by atoms with E-state index in [4.69, 9.17) is 9.47 Å². The first-order valence-electron chi connectivity index (χ1n) is 10.5. The van der Waals surface area contributed by atoms with Gasteiger partial charge in [0, 0.05) is 5.92 Å². The van der Waals surface area contributed by atoms with Crippen molar-refractivity contribution in [2.24, 2.45) is 0 Å². The van der Waals surface area contributed by atoms with Crippen molar-refractivity contribution in [3.05, 3.63) is 103 Å². The molecule has 3 rings (SSSR count). The third kappa shape index (κ3) is 6.53. The lowest BCUT2D eigenvalue weighted by Gasteiger charge is -2.14. The van der Waals surface area contributed by atoms with Gasteiger partial charge in [-0.2, -0.15) is 0 Å². The zero-order valence-corrected chi connectivity index (χ0v) is 17.2. The van der Waals surface area contributed by atoms with Gasteiger partial charge < -0.3 is 9.47 Å². The second-order valence-electron chi connectivity index (χ2n) is 7.21. The normalized spacial score (nSPS) is 11.6. The minimum absolute atomic E-state index is 0.360. The summed E-state index contributed by atoms with van der Waals surface area (Å²) in [6.45, 7) is 6.92. The number of rotatable bonds is 11. The van der Waals surface area contributed by atoms with E-state index in [0.29, 0.717) is 5.92 Å². The zero-order chi connectivity index (χ0) is 20.3. The van der Waals surface area contributed by atoms with Gasteiger partial charge in [-0.15, -0.1) is 6.58 Å². The molecule has 0 spiro atoms. The molecule has 0 saturated carbocycles. The molecule has 0 aromatic heterocycles. The maximum absolute atomic E-state index is 5.95. The molecule has 2 nitrogen and oxygen atoms in total. The summed E-state index contributed by atoms with van der Waals surface area (Å²) in [4.78, 5) is 0. The van der Waals surface area contributed by atoms with Gasteiger partial charge in [0.1, 0.15) is 17.2 Å². The van der Waals surface area contributed by atoms with Crippen LogP contribution >= 0.6 is 0 Å². The minimum Gasteiger partial charge on any atom is -0.494 e. The molecule has 2 heteroatoms. The highest BCUT2D eigenvalue weighted by molar-refractivity contribution is 5.34. The predicted molar refractivity (Wildman–Crippen MR) is 121 cm³/mol. The van der Waals surface area contributed by atoms with Gasteiger partial charge in [0.2, 0.25) is 0 Å². The Balaban J connectivity index is 1.53. The van der Waals surface area contributed by atoms with Gasteiger partial charge in [-0.1, -0.05) is 55.5 Å². The maximum Gasteiger partial charge on any atom is 0.127 e. The molecule has 3 aromatic rings. The van der Waals surface area contributed by atoms with E-state index in [1.807, 2.05) is 36.4 Å². The molecule has 0 heterocycles. The molecule has 1 atom stereocenters. The van der Waals surface area contributed by atoms with Gasteiger partial charge in [-0.25, -0.2) is 0 Å². The summed E-state index contributed by atoms with van der Waals surface area (Å²) >= 11 is 0. The van der Waals surface area contributed by atoms with Crippen LogP contribution in [0.4, 0.5) is 0 Å². The average molecular weight is 387 g/mol. The van der Waals surface area contributed by atoms with Crippen LogP contribution in [-0.4, -0.2) is 6.61 Å². The Morgan fingerprint density at radius 1 is 0.862 bits per heavy atom. The molecular weight excluding hydrogens is 356 g/mol. The first kappa shape index (κ1) is 20.7. The molecule has 0 radical (unpaired) electrons. The number of hydrogen-bond donors (Lipinski definition) is 0. The summed E-state index contributed by atoms with van der Waals surface area (Å²) in [6, 6.07) is 26.7. The third-order valence-corrected chi connectivity index (χ3v) is 4.92. The monoisotopic (exact) mass is 386 g/mol. The van der Waals surface area contributed by atoms with Crippen LogP contribution in [-0.2, 0) is 6.42 Å². The lowest BCUT2D eigenvalue weighted by Crippen LogP contribution is -1.98. The molecule has 0 bridgehead atoms. The quantitative estimate of drug-likeness (QED) is 0.317. The summed E-state index contributed by atoms with van der Waals surface area (Å²) in [5, 5.41) is 0. The molecule has 0 fully saturated rings. The van der Waals surface area contributed by atoms with E-state index in [9.17, 15) is 0 Å². The van der Waals surface area contributed by atoms with Crippen LogP contribution in [0.3, 0.4) is 0 Å². The molecular formula is C27H30O2. The zero-order valence-electron chi connectivity index (χ0n) is 17.2. The lowest BCUT2D eigenvalue weighted by atomic mass is 9.92. The Hall–Kier alpha value is -3.00. The molecule has 0 aliphatic heterocycles. The standard InChI is InChI=1S/C27H30O2/c1-3-20-28-25-18-16-24(17-19-25)23(4-2)12-8-10-22-11-9-15-27(21-22)29-26-13-6-5-7-14-26/h4-7,9,11,13-19,21,23H,2-3,8,10,12,20H2,1H3. The second kappa shape index (κ2) is 11.1. The van der Waals surface area contributed by atoms with Crippen molar-refractivity contribution in [2.45, 2.75) is 38.5 Å². The highest BCUT2D eigenvalue weighted by Gasteiger charge is 2.08. The molecule has 0 aliphatic rings. The summed E-state index contributed by atoms with van der Waals surface area (Å²) in [5.74, 6) is 3.05. The first-order valence-corrected chi connectivity index (χ1v) is 10.5. The Kier molecular flexibility index (Phi) is 7.94. The molecule has 0 amide bonds. The van der Waals surface area contributed by atoms with Gasteiger partial charge in [-0.05, 0) is 73.2 Å². The van der Waals surface area contributed by atoms with E-state index in [0.717, 1.165) is 49.5 Å². The van der Waals surface area contributed by atoms with Crippen LogP contribution in [0.1, 0.15) is 43.2 Å². The van der Waals surface area contributed by atoms with Crippen molar-refractivity contribution in [1.29, 1.82) is 0 Å². The summed E-state index contributed by atoms with van der Waals surface area (Å²) < 4.78 is 11.6. The van der Waals surface area contributed by atoms with Crippen LogP contribution in [0.25, 0.3) is 0 Å². The number of aryl methyl sites for hydroxylation is 1. The molecule has 1 unspecified atom stereocenters. The fourth-order valence-corrected chi connectivity index (χ4v) is 3.37. The van der Waals surface area contributed by atoms with Crippen LogP contribution in [0, 0.1) is 0 Å². The summed E-state index contributed by atoms with van der Waals surface area (Å²) in [6.07, 6.45) is 6.27. The Morgan fingerprint density at radius 3 is 2.34 bits per heavy atom. The summed E-state index contributed by atoms with van der Waals surface area (Å²) in [7, 11) is 0. The molecule has 0 saturated heterocycles. The second-order valence-corrected chi connectivity index (χ2v) is 7.21. The Bertz CT molecular complexity index is 869. The van der Waals surface area contributed by atoms with E-state index >= 15 is 0 Å². The average Bonchev–Trinajstić information content (AvgIpc) is 2.77. The van der Waals surface area contributed by atoms with Crippen LogP contribution < -0.4 is 9.47 Å². The molecule has 29 heavy (non-hydrogen) atoms. The Labute approximate surface area is 174 Å². The van der Waals surface area contributed by atoms with Gasteiger partial charge in [0.05, 0.1) is 6.61 Å². The molecule has 3 aromatic carbocycles. The number of benzene rings is 3. The number of allylic oxidation sites excluding steroid dienone is 1. The smallest absolute Gasteiger partial charge is 0.127 e. The van der Waals surface area contributed by atoms with Gasteiger partial charge in [0.25, 0.3) is 0 Å². The van der Waals surface area contributed by atoms with E-state index < -0.39 is 0 Å². The fraction of sp³-hybridized carbons (Fsp3) is 0.259. The van der Waals surface area contributed by atoms with Crippen LogP contribution in [0.5, 0.6) is 17.2 Å². The van der Waals surface area contributed by atoms with E-state index in [1.165, 1.54) is 11.1 Å². The van der Waals surface area contributed by atoms with Crippen molar-refractivity contribution in [2.75, 3.05) is 6.61 Å². The SMILES string of the molecule is C=CC(CCCc1cccc(Oc2ccccc2)c1)c1ccc(OCCC)cc1.